The number of nitrogens with zero attached hydrogens (tertiary/aromatic N) is 2. The van der Waals surface area contributed by atoms with Gasteiger partial charge in [0.1, 0.15) is 5.60 Å². The van der Waals surface area contributed by atoms with Crippen LogP contribution in [0.4, 0.5) is 0 Å². The molecule has 1 fully saturated rings. The van der Waals surface area contributed by atoms with Gasteiger partial charge in [-0.05, 0) is 50.1 Å². The molecule has 0 bridgehead atoms. The number of aryl methyl sites for hydroxylation is 1. The lowest BCUT2D eigenvalue weighted by Crippen LogP contribution is -2.34. The van der Waals surface area contributed by atoms with Gasteiger partial charge < -0.3 is 10.5 Å². The molecular weight excluding hydrogens is 250 g/mol. The molecule has 2 N–H and O–H groups in total. The fourth-order valence-electron chi connectivity index (χ4n) is 3.65. The Morgan fingerprint density at radius 2 is 2.15 bits per heavy atom. The third-order valence-electron chi connectivity index (χ3n) is 5.04. The van der Waals surface area contributed by atoms with Crippen LogP contribution in [0.1, 0.15) is 55.6 Å². The first-order valence-electron chi connectivity index (χ1n) is 7.88. The van der Waals surface area contributed by atoms with Crippen molar-refractivity contribution in [2.45, 2.75) is 57.0 Å². The summed E-state index contributed by atoms with van der Waals surface area (Å²) in [6, 6.07) is 0. The predicted molar refractivity (Wildman–Crippen MR) is 78.4 cm³/mol. The Bertz CT molecular complexity index is 469. The number of fused-ring (bicyclic) bond motifs is 1. The number of hydrogen-bond donors (Lipinski definition) is 1. The molecule has 1 aromatic heterocycles. The van der Waals surface area contributed by atoms with Crippen molar-refractivity contribution >= 4 is 0 Å². The first kappa shape index (κ1) is 14.0. The molecule has 4 heteroatoms. The summed E-state index contributed by atoms with van der Waals surface area (Å²) >= 11 is 0. The van der Waals surface area contributed by atoms with Gasteiger partial charge in [0, 0.05) is 19.0 Å². The van der Waals surface area contributed by atoms with Gasteiger partial charge in [-0.2, -0.15) is 0 Å². The highest BCUT2D eigenvalue weighted by atomic mass is 16.5. The molecule has 4 nitrogen and oxygen atoms in total. The van der Waals surface area contributed by atoms with Crippen molar-refractivity contribution in [2.24, 2.45) is 11.7 Å². The number of nitrogens with two attached hydrogens (primary N) is 1. The minimum absolute atomic E-state index is 0.238. The molecule has 1 atom stereocenters. The maximum atomic E-state index is 5.85. The molecule has 1 heterocycles. The SMILES string of the molecule is COC1(c2ncc3c(n2)CCC(CN)C3)CCCCC1. The van der Waals surface area contributed by atoms with E-state index in [1.54, 1.807) is 7.11 Å². The van der Waals surface area contributed by atoms with E-state index < -0.39 is 0 Å². The Morgan fingerprint density at radius 3 is 2.85 bits per heavy atom. The molecule has 1 saturated carbocycles. The van der Waals surface area contributed by atoms with E-state index in [1.807, 2.05) is 6.20 Å². The third kappa shape index (κ3) is 2.47. The molecule has 0 saturated heterocycles. The highest BCUT2D eigenvalue weighted by Gasteiger charge is 2.37. The minimum atomic E-state index is -0.238. The highest BCUT2D eigenvalue weighted by molar-refractivity contribution is 5.23. The maximum Gasteiger partial charge on any atom is 0.160 e. The van der Waals surface area contributed by atoms with Gasteiger partial charge >= 0.3 is 0 Å². The molecule has 0 aliphatic heterocycles. The molecule has 1 aromatic rings. The number of methoxy groups -OCH3 is 1. The quantitative estimate of drug-likeness (QED) is 0.920. The number of hydrogen-bond acceptors (Lipinski definition) is 4. The summed E-state index contributed by atoms with van der Waals surface area (Å²) in [6.45, 7) is 0.767. The molecule has 3 rings (SSSR count). The summed E-state index contributed by atoms with van der Waals surface area (Å²) in [5.41, 5.74) is 8.06. The monoisotopic (exact) mass is 275 g/mol. The van der Waals surface area contributed by atoms with Crippen molar-refractivity contribution in [2.75, 3.05) is 13.7 Å². The Kier molecular flexibility index (Phi) is 4.03. The summed E-state index contributed by atoms with van der Waals surface area (Å²) < 4.78 is 5.85. The Hall–Kier alpha value is -1.00. The average molecular weight is 275 g/mol. The van der Waals surface area contributed by atoms with Crippen LogP contribution in [0.25, 0.3) is 0 Å². The fourth-order valence-corrected chi connectivity index (χ4v) is 3.65. The summed E-state index contributed by atoms with van der Waals surface area (Å²) in [5.74, 6) is 1.51. The first-order valence-corrected chi connectivity index (χ1v) is 7.88. The zero-order valence-electron chi connectivity index (χ0n) is 12.4. The van der Waals surface area contributed by atoms with E-state index in [1.165, 1.54) is 30.5 Å². The topological polar surface area (TPSA) is 61.0 Å². The van der Waals surface area contributed by atoms with Crippen LogP contribution in [-0.2, 0) is 23.2 Å². The van der Waals surface area contributed by atoms with Crippen LogP contribution < -0.4 is 5.73 Å². The van der Waals surface area contributed by atoms with Crippen LogP contribution in [0, 0.1) is 5.92 Å². The number of rotatable bonds is 3. The van der Waals surface area contributed by atoms with Crippen molar-refractivity contribution in [3.8, 4) is 0 Å². The van der Waals surface area contributed by atoms with Crippen molar-refractivity contribution in [1.29, 1.82) is 0 Å². The van der Waals surface area contributed by atoms with E-state index in [0.717, 1.165) is 44.5 Å². The van der Waals surface area contributed by atoms with Gasteiger partial charge in [0.2, 0.25) is 0 Å². The van der Waals surface area contributed by atoms with Gasteiger partial charge in [-0.1, -0.05) is 19.3 Å². The normalized spacial score (nSPS) is 25.2. The summed E-state index contributed by atoms with van der Waals surface area (Å²) in [6.07, 6.45) is 11.1. The van der Waals surface area contributed by atoms with Crippen molar-refractivity contribution < 1.29 is 4.74 Å². The van der Waals surface area contributed by atoms with Crippen LogP contribution in [0.5, 0.6) is 0 Å². The maximum absolute atomic E-state index is 5.85. The number of ether oxygens (including phenoxy) is 1. The van der Waals surface area contributed by atoms with Crippen LogP contribution in [0.15, 0.2) is 6.20 Å². The lowest BCUT2D eigenvalue weighted by molar-refractivity contribution is -0.0517. The second-order valence-corrected chi connectivity index (χ2v) is 6.27. The van der Waals surface area contributed by atoms with Crippen LogP contribution in [0.3, 0.4) is 0 Å². The zero-order chi connectivity index (χ0) is 14.0. The molecule has 0 amide bonds. The second-order valence-electron chi connectivity index (χ2n) is 6.27. The van der Waals surface area contributed by atoms with Crippen molar-refractivity contribution in [3.05, 3.63) is 23.3 Å². The molecular formula is C16H25N3O. The van der Waals surface area contributed by atoms with Gasteiger partial charge in [0.15, 0.2) is 5.82 Å². The molecule has 20 heavy (non-hydrogen) atoms. The lowest BCUT2D eigenvalue weighted by Gasteiger charge is -2.35. The van der Waals surface area contributed by atoms with Gasteiger partial charge in [-0.15, -0.1) is 0 Å². The van der Waals surface area contributed by atoms with E-state index >= 15 is 0 Å². The predicted octanol–water partition coefficient (Wildman–Crippen LogP) is 2.35. The minimum Gasteiger partial charge on any atom is -0.370 e. The van der Waals surface area contributed by atoms with Crippen LogP contribution in [0.2, 0.25) is 0 Å². The van der Waals surface area contributed by atoms with Crippen LogP contribution >= 0.6 is 0 Å². The molecule has 0 aromatic carbocycles. The van der Waals surface area contributed by atoms with Crippen molar-refractivity contribution in [3.63, 3.8) is 0 Å². The standard InChI is InChI=1S/C16H25N3O/c1-20-16(7-3-2-4-8-16)15-18-11-13-9-12(10-17)5-6-14(13)19-15/h11-12H,2-10,17H2,1H3. The number of aromatic nitrogens is 2. The van der Waals surface area contributed by atoms with E-state index in [-0.39, 0.29) is 5.60 Å². The molecule has 110 valence electrons. The Balaban J connectivity index is 1.88. The van der Waals surface area contributed by atoms with Crippen molar-refractivity contribution in [1.82, 2.24) is 9.97 Å². The third-order valence-corrected chi connectivity index (χ3v) is 5.04. The average Bonchev–Trinajstić information content (AvgIpc) is 2.54. The smallest absolute Gasteiger partial charge is 0.160 e. The summed E-state index contributed by atoms with van der Waals surface area (Å²) in [4.78, 5) is 9.52. The lowest BCUT2D eigenvalue weighted by atomic mass is 9.83. The van der Waals surface area contributed by atoms with Gasteiger partial charge in [0.05, 0.1) is 0 Å². The van der Waals surface area contributed by atoms with Gasteiger partial charge in [0.25, 0.3) is 0 Å². The van der Waals surface area contributed by atoms with E-state index in [0.29, 0.717) is 5.92 Å². The molecule has 0 spiro atoms. The molecule has 1 unspecified atom stereocenters. The summed E-state index contributed by atoms with van der Waals surface area (Å²) in [7, 11) is 1.80. The largest absolute Gasteiger partial charge is 0.370 e. The summed E-state index contributed by atoms with van der Waals surface area (Å²) in [5, 5.41) is 0. The molecule has 0 radical (unpaired) electrons. The van der Waals surface area contributed by atoms with E-state index in [4.69, 9.17) is 15.5 Å². The van der Waals surface area contributed by atoms with Gasteiger partial charge in [-0.3, -0.25) is 0 Å². The molecule has 2 aliphatic rings. The van der Waals surface area contributed by atoms with Gasteiger partial charge in [-0.25, -0.2) is 9.97 Å². The molecule has 2 aliphatic carbocycles. The Labute approximate surface area is 121 Å². The van der Waals surface area contributed by atoms with Crippen LogP contribution in [-0.4, -0.2) is 23.6 Å². The first-order chi connectivity index (χ1) is 9.77. The fraction of sp³-hybridized carbons (Fsp3) is 0.750. The highest BCUT2D eigenvalue weighted by Crippen LogP contribution is 2.38. The zero-order valence-corrected chi connectivity index (χ0v) is 12.4. The second kappa shape index (κ2) is 5.78. The Morgan fingerprint density at radius 1 is 1.35 bits per heavy atom. The van der Waals surface area contributed by atoms with E-state index in [9.17, 15) is 0 Å². The van der Waals surface area contributed by atoms with E-state index in [2.05, 4.69) is 4.98 Å².